The smallest absolute Gasteiger partial charge is 0.333 e. The lowest BCUT2D eigenvalue weighted by atomic mass is 10.0. The SMILES string of the molecule is C=CCn1c(=O)n([C@@H]2OC(CO)[C@H]3OC(c4cccc(NC(=O)[C@H](CCCCN)NC(=O)[C@@H](NC)C(C)C)c4)O[C@H]32)c2nc(N)[nH]c(=O)c21. The quantitative estimate of drug-likeness (QED) is 0.0815. The summed E-state index contributed by atoms with van der Waals surface area (Å²) in [6.07, 6.45) is -1.45. The number of imidazole rings is 1. The second-order valence-electron chi connectivity index (χ2n) is 12.4. The van der Waals surface area contributed by atoms with Crippen molar-refractivity contribution in [2.75, 3.05) is 31.2 Å². The van der Waals surface area contributed by atoms with Crippen molar-refractivity contribution in [1.82, 2.24) is 29.7 Å². The number of aliphatic hydroxyl groups excluding tert-OH is 1. The topological polar surface area (TPSA) is 243 Å². The number of nitrogens with two attached hydrogens (primary N) is 2. The number of nitrogens with zero attached hydrogens (tertiary/aromatic N) is 3. The number of allylic oxidation sites excluding steroid dienone is 1. The van der Waals surface area contributed by atoms with Crippen LogP contribution in [0.2, 0.25) is 0 Å². The van der Waals surface area contributed by atoms with Crippen LogP contribution in [0.15, 0.2) is 46.5 Å². The first kappa shape index (κ1) is 35.9. The molecule has 0 aliphatic carbocycles. The Labute approximate surface area is 282 Å². The maximum Gasteiger partial charge on any atom is 0.333 e. The number of carbonyl (C=O) groups is 2. The summed E-state index contributed by atoms with van der Waals surface area (Å²) in [6.45, 7) is 7.55. The second-order valence-corrected chi connectivity index (χ2v) is 12.4. The summed E-state index contributed by atoms with van der Waals surface area (Å²) in [5.41, 5.74) is 11.2. The van der Waals surface area contributed by atoms with Crippen molar-refractivity contribution in [2.24, 2.45) is 11.7 Å². The van der Waals surface area contributed by atoms with Crippen LogP contribution in [0.5, 0.6) is 0 Å². The maximum atomic E-state index is 13.6. The monoisotopic (exact) mass is 683 g/mol. The van der Waals surface area contributed by atoms with Gasteiger partial charge in [0.15, 0.2) is 23.7 Å². The Morgan fingerprint density at radius 1 is 1.16 bits per heavy atom. The highest BCUT2D eigenvalue weighted by molar-refractivity contribution is 5.98. The fourth-order valence-corrected chi connectivity index (χ4v) is 6.36. The number of carbonyl (C=O) groups excluding carboxylic acids is 2. The number of ether oxygens (including phenoxy) is 3. The summed E-state index contributed by atoms with van der Waals surface area (Å²) in [5.74, 6) is -0.851. The van der Waals surface area contributed by atoms with E-state index in [4.69, 9.17) is 25.7 Å². The summed E-state index contributed by atoms with van der Waals surface area (Å²) in [6, 6.07) is 5.58. The minimum atomic E-state index is -1.13. The molecule has 0 bridgehead atoms. The molecule has 2 aliphatic rings. The Balaban J connectivity index is 1.38. The summed E-state index contributed by atoms with van der Waals surface area (Å²) in [5, 5.41) is 18.9. The number of nitrogen functional groups attached to an aromatic ring is 1. The van der Waals surface area contributed by atoms with Crippen LogP contribution in [-0.2, 0) is 30.3 Å². The van der Waals surface area contributed by atoms with E-state index in [0.717, 1.165) is 0 Å². The molecule has 2 amide bonds. The highest BCUT2D eigenvalue weighted by atomic mass is 16.8. The van der Waals surface area contributed by atoms with E-state index in [9.17, 15) is 24.3 Å². The average molecular weight is 684 g/mol. The number of anilines is 2. The highest BCUT2D eigenvalue weighted by Gasteiger charge is 2.54. The summed E-state index contributed by atoms with van der Waals surface area (Å²) < 4.78 is 21.0. The largest absolute Gasteiger partial charge is 0.394 e. The van der Waals surface area contributed by atoms with Gasteiger partial charge in [0.25, 0.3) is 5.56 Å². The molecule has 17 heteroatoms. The fraction of sp³-hybridized carbons (Fsp3) is 0.531. The molecule has 2 aromatic heterocycles. The second kappa shape index (κ2) is 15.4. The predicted octanol–water partition coefficient (Wildman–Crippen LogP) is -0.177. The van der Waals surface area contributed by atoms with Gasteiger partial charge in [0.1, 0.15) is 24.4 Å². The molecule has 7 atom stereocenters. The first-order chi connectivity index (χ1) is 23.5. The van der Waals surface area contributed by atoms with Gasteiger partial charge in [-0.15, -0.1) is 6.58 Å². The number of amides is 2. The molecule has 0 spiro atoms. The van der Waals surface area contributed by atoms with Crippen molar-refractivity contribution in [3.63, 3.8) is 0 Å². The molecule has 3 aromatic rings. The summed E-state index contributed by atoms with van der Waals surface area (Å²) >= 11 is 0. The molecule has 17 nitrogen and oxygen atoms in total. The number of benzene rings is 1. The molecule has 9 N–H and O–H groups in total. The van der Waals surface area contributed by atoms with Crippen molar-refractivity contribution in [1.29, 1.82) is 0 Å². The molecule has 2 unspecified atom stereocenters. The molecule has 49 heavy (non-hydrogen) atoms. The third-order valence-electron chi connectivity index (χ3n) is 8.69. The Kier molecular flexibility index (Phi) is 11.3. The number of aliphatic hydroxyl groups is 1. The third kappa shape index (κ3) is 7.31. The zero-order chi connectivity index (χ0) is 35.4. The van der Waals surface area contributed by atoms with E-state index >= 15 is 0 Å². The van der Waals surface area contributed by atoms with E-state index in [2.05, 4.69) is 32.5 Å². The van der Waals surface area contributed by atoms with Crippen LogP contribution in [0.1, 0.15) is 51.2 Å². The van der Waals surface area contributed by atoms with E-state index in [1.807, 2.05) is 13.8 Å². The molecule has 266 valence electrons. The number of aromatic amines is 1. The number of aromatic nitrogens is 4. The van der Waals surface area contributed by atoms with E-state index in [1.54, 1.807) is 31.3 Å². The van der Waals surface area contributed by atoms with Crippen molar-refractivity contribution in [3.8, 4) is 0 Å². The summed E-state index contributed by atoms with van der Waals surface area (Å²) in [4.78, 5) is 59.5. The van der Waals surface area contributed by atoms with Crippen LogP contribution >= 0.6 is 0 Å². The molecular weight excluding hydrogens is 638 g/mol. The van der Waals surface area contributed by atoms with Gasteiger partial charge in [-0.25, -0.2) is 9.36 Å². The first-order valence-electron chi connectivity index (χ1n) is 16.3. The number of hydrogen-bond acceptors (Lipinski definition) is 12. The minimum Gasteiger partial charge on any atom is -0.394 e. The van der Waals surface area contributed by atoms with E-state index in [-0.39, 0.29) is 35.5 Å². The molecule has 4 heterocycles. The van der Waals surface area contributed by atoms with Crippen LogP contribution < -0.4 is 38.7 Å². The van der Waals surface area contributed by atoms with Gasteiger partial charge in [-0.05, 0) is 50.9 Å². The number of likely N-dealkylation sites (N-methyl/N-ethyl adjacent to an activating group) is 1. The number of nitrogens with one attached hydrogen (secondary N) is 4. The van der Waals surface area contributed by atoms with Crippen LogP contribution in [0.4, 0.5) is 11.6 Å². The van der Waals surface area contributed by atoms with Gasteiger partial charge in [-0.1, -0.05) is 32.1 Å². The van der Waals surface area contributed by atoms with Crippen molar-refractivity contribution >= 4 is 34.6 Å². The maximum absolute atomic E-state index is 13.6. The van der Waals surface area contributed by atoms with Gasteiger partial charge in [0, 0.05) is 17.8 Å². The van der Waals surface area contributed by atoms with Gasteiger partial charge in [0.05, 0.1) is 12.6 Å². The summed E-state index contributed by atoms with van der Waals surface area (Å²) in [7, 11) is 1.70. The average Bonchev–Trinajstić information content (AvgIpc) is 3.71. The third-order valence-corrected chi connectivity index (χ3v) is 8.69. The zero-order valence-corrected chi connectivity index (χ0v) is 27.8. The van der Waals surface area contributed by atoms with E-state index in [1.165, 1.54) is 15.2 Å². The Bertz CT molecular complexity index is 1790. The minimum absolute atomic E-state index is 0.0113. The van der Waals surface area contributed by atoms with Gasteiger partial charge in [0.2, 0.25) is 17.8 Å². The lowest BCUT2D eigenvalue weighted by Crippen LogP contribution is -2.52. The molecule has 0 radical (unpaired) electrons. The van der Waals surface area contributed by atoms with Crippen molar-refractivity contribution in [2.45, 2.75) is 82.6 Å². The molecular formula is C32H45N9O8. The molecule has 2 saturated heterocycles. The van der Waals surface area contributed by atoms with Crippen LogP contribution in [0.3, 0.4) is 0 Å². The Morgan fingerprint density at radius 3 is 2.59 bits per heavy atom. The number of fused-ring (bicyclic) bond motifs is 2. The predicted molar refractivity (Wildman–Crippen MR) is 180 cm³/mol. The first-order valence-corrected chi connectivity index (χ1v) is 16.3. The van der Waals surface area contributed by atoms with Gasteiger partial charge in [-0.3, -0.25) is 23.9 Å². The normalized spacial score (nSPS) is 23.0. The highest BCUT2D eigenvalue weighted by Crippen LogP contribution is 2.44. The molecule has 5 rings (SSSR count). The number of hydrogen-bond donors (Lipinski definition) is 7. The van der Waals surface area contributed by atoms with E-state index in [0.29, 0.717) is 37.1 Å². The molecule has 0 saturated carbocycles. The van der Waals surface area contributed by atoms with Crippen molar-refractivity contribution in [3.05, 3.63) is 63.3 Å². The van der Waals surface area contributed by atoms with Crippen molar-refractivity contribution < 1.29 is 28.9 Å². The number of rotatable bonds is 15. The zero-order valence-electron chi connectivity index (χ0n) is 27.8. The Hall–Kier alpha value is -4.39. The van der Waals surface area contributed by atoms with Gasteiger partial charge in [-0.2, -0.15) is 4.98 Å². The fourth-order valence-electron chi connectivity index (χ4n) is 6.36. The molecule has 1 aromatic carbocycles. The van der Waals surface area contributed by atoms with Crippen LogP contribution in [0.25, 0.3) is 11.2 Å². The van der Waals surface area contributed by atoms with Crippen LogP contribution in [0, 0.1) is 5.92 Å². The van der Waals surface area contributed by atoms with E-state index < -0.39 is 66.7 Å². The van der Waals surface area contributed by atoms with Crippen LogP contribution in [-0.4, -0.2) is 86.6 Å². The number of unbranched alkanes of at least 4 members (excludes halogenated alkanes) is 1. The number of H-pyrrole nitrogens is 1. The Morgan fingerprint density at radius 2 is 1.92 bits per heavy atom. The molecule has 2 aliphatic heterocycles. The lowest BCUT2D eigenvalue weighted by Gasteiger charge is -2.24. The molecule has 2 fully saturated rings. The van der Waals surface area contributed by atoms with Gasteiger partial charge >= 0.3 is 5.69 Å². The lowest BCUT2D eigenvalue weighted by molar-refractivity contribution is -0.154. The standard InChI is InChI=1S/C32H45N9O8/c1-5-13-40-22-25(38-31(34)39-28(22)45)41(32(40)46)29-24-23(20(15-42)47-29)48-30(49-24)17-9-8-10-18(14-17)36-26(43)19(11-6-7-12-33)37-27(44)21(35-4)16(2)3/h5,8-10,14,16,19-21,23-24,29-30,35,42H,1,6-7,11-13,15,33H2,2-4H3,(H,36,43)(H,37,44)(H3,34,38,39,45)/t19-,20?,21-,23+,24+,29+,30?/m0/s1. The van der Waals surface area contributed by atoms with Gasteiger partial charge < -0.3 is 46.7 Å².